The molecule has 1 aromatic heterocycles. The fourth-order valence-electron chi connectivity index (χ4n) is 2.78. The largest absolute Gasteiger partial charge is 0.496 e. The van der Waals surface area contributed by atoms with Gasteiger partial charge >= 0.3 is 0 Å². The average molecular weight is 414 g/mol. The number of halogens is 1. The number of ether oxygens (including phenoxy) is 2. The lowest BCUT2D eigenvalue weighted by molar-refractivity contribution is -0.119. The highest BCUT2D eigenvalue weighted by Crippen LogP contribution is 2.30. The molecule has 2 N–H and O–H groups in total. The van der Waals surface area contributed by atoms with Gasteiger partial charge in [-0.25, -0.2) is 0 Å². The number of hydrogen-bond donors (Lipinski definition) is 2. The van der Waals surface area contributed by atoms with E-state index in [0.29, 0.717) is 33.4 Å². The summed E-state index contributed by atoms with van der Waals surface area (Å²) in [6.07, 6.45) is 3.70. The Hall–Kier alpha value is -3.29. The molecule has 0 atom stereocenters. The normalized spacial score (nSPS) is 10.4. The Bertz CT molecular complexity index is 1020. The number of hydrogen-bond acceptors (Lipinski definition) is 4. The first kappa shape index (κ1) is 20.4. The van der Waals surface area contributed by atoms with E-state index in [9.17, 15) is 9.59 Å². The molecule has 150 valence electrons. The second-order valence-electron chi connectivity index (χ2n) is 6.11. The molecule has 0 aliphatic rings. The molecule has 0 unspecified atom stereocenters. The summed E-state index contributed by atoms with van der Waals surface area (Å²) in [5.41, 5.74) is 2.05. The van der Waals surface area contributed by atoms with E-state index in [0.717, 1.165) is 0 Å². The molecule has 0 aliphatic heterocycles. The smallest absolute Gasteiger partial charge is 0.259 e. The van der Waals surface area contributed by atoms with E-state index in [1.54, 1.807) is 36.4 Å². The predicted molar refractivity (Wildman–Crippen MR) is 112 cm³/mol. The summed E-state index contributed by atoms with van der Waals surface area (Å²) in [7, 11) is 2.93. The molecule has 0 aliphatic carbocycles. The topological polar surface area (TPSA) is 81.6 Å². The summed E-state index contributed by atoms with van der Waals surface area (Å²) < 4.78 is 12.0. The standard InChI is InChI=1S/C21H20ClN3O4/c1-28-13-20(26)23-14-6-5-7-15(10-14)24-21(27)16-11-17(22)18(12-19(16)29-2)25-8-3-4-9-25/h3-12H,13H2,1-2H3,(H,23,26)(H,24,27). The second-order valence-corrected chi connectivity index (χ2v) is 6.52. The minimum absolute atomic E-state index is 0.0555. The molecule has 3 aromatic rings. The molecule has 1 heterocycles. The maximum Gasteiger partial charge on any atom is 0.259 e. The third-order valence-corrected chi connectivity index (χ3v) is 4.38. The highest BCUT2D eigenvalue weighted by molar-refractivity contribution is 6.33. The maximum atomic E-state index is 12.8. The number of carbonyl (C=O) groups excluding carboxylic acids is 2. The molecule has 0 spiro atoms. The van der Waals surface area contributed by atoms with Crippen molar-refractivity contribution in [1.29, 1.82) is 0 Å². The van der Waals surface area contributed by atoms with Crippen molar-refractivity contribution in [3.05, 3.63) is 71.5 Å². The van der Waals surface area contributed by atoms with Gasteiger partial charge in [-0.2, -0.15) is 0 Å². The van der Waals surface area contributed by atoms with E-state index in [-0.39, 0.29) is 18.4 Å². The van der Waals surface area contributed by atoms with Gasteiger partial charge in [0.05, 0.1) is 23.4 Å². The second kappa shape index (κ2) is 9.27. The Morgan fingerprint density at radius 1 is 1.00 bits per heavy atom. The Morgan fingerprint density at radius 2 is 1.69 bits per heavy atom. The van der Waals surface area contributed by atoms with Gasteiger partial charge in [0.25, 0.3) is 5.91 Å². The Morgan fingerprint density at radius 3 is 2.34 bits per heavy atom. The van der Waals surface area contributed by atoms with Crippen molar-refractivity contribution in [2.24, 2.45) is 0 Å². The third kappa shape index (κ3) is 4.96. The lowest BCUT2D eigenvalue weighted by Gasteiger charge is -2.14. The zero-order valence-electron chi connectivity index (χ0n) is 15.9. The van der Waals surface area contributed by atoms with Gasteiger partial charge in [0.15, 0.2) is 0 Å². The van der Waals surface area contributed by atoms with Gasteiger partial charge < -0.3 is 24.7 Å². The van der Waals surface area contributed by atoms with Crippen molar-refractivity contribution >= 4 is 34.8 Å². The van der Waals surface area contributed by atoms with Crippen LogP contribution in [0.15, 0.2) is 60.9 Å². The van der Waals surface area contributed by atoms with Gasteiger partial charge in [-0.3, -0.25) is 9.59 Å². The quantitative estimate of drug-likeness (QED) is 0.614. The summed E-state index contributed by atoms with van der Waals surface area (Å²) in [5.74, 6) is -0.284. The molecule has 0 saturated heterocycles. The van der Waals surface area contributed by atoms with Crippen molar-refractivity contribution in [3.63, 3.8) is 0 Å². The van der Waals surface area contributed by atoms with E-state index >= 15 is 0 Å². The molecular formula is C21H20ClN3O4. The lowest BCUT2D eigenvalue weighted by atomic mass is 10.1. The fourth-order valence-corrected chi connectivity index (χ4v) is 3.04. The number of aromatic nitrogens is 1. The zero-order valence-corrected chi connectivity index (χ0v) is 16.7. The molecule has 0 fully saturated rings. The first-order chi connectivity index (χ1) is 14.0. The van der Waals surface area contributed by atoms with Crippen molar-refractivity contribution in [2.45, 2.75) is 0 Å². The zero-order chi connectivity index (χ0) is 20.8. The average Bonchev–Trinajstić information content (AvgIpc) is 3.22. The van der Waals surface area contributed by atoms with E-state index < -0.39 is 0 Å². The Labute approximate surface area is 173 Å². The van der Waals surface area contributed by atoms with Crippen LogP contribution in [0.2, 0.25) is 5.02 Å². The molecule has 0 saturated carbocycles. The van der Waals surface area contributed by atoms with Crippen LogP contribution in [0.1, 0.15) is 10.4 Å². The van der Waals surface area contributed by atoms with Gasteiger partial charge in [0.2, 0.25) is 5.91 Å². The van der Waals surface area contributed by atoms with Crippen LogP contribution in [0.3, 0.4) is 0 Å². The molecular weight excluding hydrogens is 394 g/mol. The number of anilines is 2. The van der Waals surface area contributed by atoms with E-state index in [4.69, 9.17) is 21.1 Å². The molecule has 7 nitrogen and oxygen atoms in total. The van der Waals surface area contributed by atoms with Crippen LogP contribution in [0.25, 0.3) is 5.69 Å². The minimum atomic E-state index is -0.386. The van der Waals surface area contributed by atoms with Crippen LogP contribution in [0.5, 0.6) is 5.75 Å². The number of rotatable bonds is 7. The minimum Gasteiger partial charge on any atom is -0.496 e. The van der Waals surface area contributed by atoms with Gasteiger partial charge in [-0.15, -0.1) is 0 Å². The molecule has 3 rings (SSSR count). The fraction of sp³-hybridized carbons (Fsp3) is 0.143. The molecule has 2 aromatic carbocycles. The summed E-state index contributed by atoms with van der Waals surface area (Å²) in [4.78, 5) is 24.5. The van der Waals surface area contributed by atoms with Crippen LogP contribution in [-0.4, -0.2) is 37.2 Å². The van der Waals surface area contributed by atoms with Gasteiger partial charge in [0.1, 0.15) is 12.4 Å². The van der Waals surface area contributed by atoms with Crippen LogP contribution in [-0.2, 0) is 9.53 Å². The van der Waals surface area contributed by atoms with Gasteiger partial charge in [0, 0.05) is 36.9 Å². The highest BCUT2D eigenvalue weighted by atomic mass is 35.5. The molecule has 2 amide bonds. The highest BCUT2D eigenvalue weighted by Gasteiger charge is 2.17. The summed E-state index contributed by atoms with van der Waals surface area (Å²) in [6, 6.07) is 13.8. The SMILES string of the molecule is COCC(=O)Nc1cccc(NC(=O)c2cc(Cl)c(-n3cccc3)cc2OC)c1. The van der Waals surface area contributed by atoms with Crippen LogP contribution in [0, 0.1) is 0 Å². The molecule has 0 bridgehead atoms. The number of amides is 2. The Balaban J connectivity index is 1.82. The molecule has 8 heteroatoms. The number of nitrogens with one attached hydrogen (secondary N) is 2. The summed E-state index contributed by atoms with van der Waals surface area (Å²) in [6.45, 7) is -0.0555. The van der Waals surface area contributed by atoms with Crippen LogP contribution in [0.4, 0.5) is 11.4 Å². The number of carbonyl (C=O) groups is 2. The number of nitrogens with zero attached hydrogens (tertiary/aromatic N) is 1. The van der Waals surface area contributed by atoms with E-state index in [1.807, 2.05) is 29.1 Å². The third-order valence-electron chi connectivity index (χ3n) is 4.08. The summed E-state index contributed by atoms with van der Waals surface area (Å²) in [5, 5.41) is 5.89. The van der Waals surface area contributed by atoms with Crippen molar-refractivity contribution < 1.29 is 19.1 Å². The van der Waals surface area contributed by atoms with Gasteiger partial charge in [-0.05, 0) is 36.4 Å². The number of benzene rings is 2. The van der Waals surface area contributed by atoms with E-state index in [1.165, 1.54) is 14.2 Å². The first-order valence-corrected chi connectivity index (χ1v) is 9.10. The Kier molecular flexibility index (Phi) is 6.54. The van der Waals surface area contributed by atoms with Crippen LogP contribution >= 0.6 is 11.6 Å². The maximum absolute atomic E-state index is 12.8. The van der Waals surface area contributed by atoms with Crippen molar-refractivity contribution in [2.75, 3.05) is 31.5 Å². The van der Waals surface area contributed by atoms with Gasteiger partial charge in [-0.1, -0.05) is 17.7 Å². The first-order valence-electron chi connectivity index (χ1n) is 8.73. The van der Waals surface area contributed by atoms with Crippen molar-refractivity contribution in [1.82, 2.24) is 4.57 Å². The van der Waals surface area contributed by atoms with Crippen molar-refractivity contribution in [3.8, 4) is 11.4 Å². The number of methoxy groups -OCH3 is 2. The lowest BCUT2D eigenvalue weighted by Crippen LogP contribution is -2.17. The molecule has 29 heavy (non-hydrogen) atoms. The van der Waals surface area contributed by atoms with Crippen LogP contribution < -0.4 is 15.4 Å². The monoisotopic (exact) mass is 413 g/mol. The molecule has 0 radical (unpaired) electrons. The van der Waals surface area contributed by atoms with E-state index in [2.05, 4.69) is 10.6 Å². The summed E-state index contributed by atoms with van der Waals surface area (Å²) >= 11 is 6.39. The predicted octanol–water partition coefficient (Wildman–Crippen LogP) is 3.98.